The number of rotatable bonds is 6. The van der Waals surface area contributed by atoms with E-state index in [0.717, 1.165) is 4.47 Å². The van der Waals surface area contributed by atoms with Crippen molar-refractivity contribution in [3.05, 3.63) is 34.3 Å². The number of unbranched alkanes of at least 4 members (excludes halogenated alkanes) is 1. The highest BCUT2D eigenvalue weighted by molar-refractivity contribution is 9.10. The van der Waals surface area contributed by atoms with Gasteiger partial charge in [-0.15, -0.1) is 0 Å². The Labute approximate surface area is 108 Å². The Morgan fingerprint density at radius 2 is 1.94 bits per heavy atom. The van der Waals surface area contributed by atoms with Crippen molar-refractivity contribution >= 4 is 27.8 Å². The van der Waals surface area contributed by atoms with Crippen molar-refractivity contribution in [2.24, 2.45) is 0 Å². The van der Waals surface area contributed by atoms with Gasteiger partial charge in [0.2, 0.25) is 0 Å². The lowest BCUT2D eigenvalue weighted by atomic mass is 10.2. The van der Waals surface area contributed by atoms with E-state index >= 15 is 0 Å². The summed E-state index contributed by atoms with van der Waals surface area (Å²) in [6.07, 6.45) is 1.39. The minimum atomic E-state index is -0.804. The quantitative estimate of drug-likeness (QED) is 0.793. The van der Waals surface area contributed by atoms with Crippen LogP contribution in [0.1, 0.15) is 29.6 Å². The van der Waals surface area contributed by atoms with Gasteiger partial charge in [-0.2, -0.15) is 0 Å². The van der Waals surface area contributed by atoms with E-state index in [9.17, 15) is 9.59 Å². The van der Waals surface area contributed by atoms with Crippen LogP contribution in [0.25, 0.3) is 0 Å². The molecule has 2 N–H and O–H groups in total. The van der Waals surface area contributed by atoms with Crippen LogP contribution < -0.4 is 5.32 Å². The molecule has 1 aromatic carbocycles. The van der Waals surface area contributed by atoms with Gasteiger partial charge in [-0.05, 0) is 40.9 Å². The van der Waals surface area contributed by atoms with Crippen molar-refractivity contribution in [1.29, 1.82) is 0 Å². The number of hydrogen-bond acceptors (Lipinski definition) is 2. The molecule has 0 atom stereocenters. The minimum Gasteiger partial charge on any atom is -0.481 e. The van der Waals surface area contributed by atoms with E-state index in [1.54, 1.807) is 18.2 Å². The first-order valence-corrected chi connectivity index (χ1v) is 6.15. The number of halogens is 1. The molecule has 0 saturated heterocycles. The predicted molar refractivity (Wildman–Crippen MR) is 68.0 cm³/mol. The third-order valence-electron chi connectivity index (χ3n) is 2.22. The number of amides is 1. The summed E-state index contributed by atoms with van der Waals surface area (Å²) >= 11 is 3.30. The summed E-state index contributed by atoms with van der Waals surface area (Å²) in [5.74, 6) is -0.949. The zero-order valence-corrected chi connectivity index (χ0v) is 10.9. The Balaban J connectivity index is 2.31. The van der Waals surface area contributed by atoms with E-state index < -0.39 is 5.97 Å². The molecule has 1 rings (SSSR count). The van der Waals surface area contributed by atoms with Gasteiger partial charge in [0.1, 0.15) is 0 Å². The molecular weight excluding hydrogens is 286 g/mol. The van der Waals surface area contributed by atoms with Crippen molar-refractivity contribution in [3.8, 4) is 0 Å². The Bertz CT molecular complexity index is 406. The first kappa shape index (κ1) is 13.7. The van der Waals surface area contributed by atoms with Crippen LogP contribution in [0.15, 0.2) is 28.7 Å². The Kier molecular flexibility index (Phi) is 5.69. The summed E-state index contributed by atoms with van der Waals surface area (Å²) in [7, 11) is 0. The fraction of sp³-hybridized carbons (Fsp3) is 0.333. The molecule has 0 aromatic heterocycles. The Morgan fingerprint density at radius 3 is 2.59 bits per heavy atom. The lowest BCUT2D eigenvalue weighted by Crippen LogP contribution is -2.24. The van der Waals surface area contributed by atoms with Crippen LogP contribution in [-0.2, 0) is 4.79 Å². The van der Waals surface area contributed by atoms with Crippen LogP contribution >= 0.6 is 15.9 Å². The molecule has 0 aliphatic heterocycles. The molecule has 92 valence electrons. The van der Waals surface area contributed by atoms with Gasteiger partial charge >= 0.3 is 5.97 Å². The fourth-order valence-corrected chi connectivity index (χ4v) is 1.81. The smallest absolute Gasteiger partial charge is 0.303 e. The van der Waals surface area contributed by atoms with Gasteiger partial charge in [0.25, 0.3) is 5.91 Å². The highest BCUT2D eigenvalue weighted by Crippen LogP contribution is 2.15. The number of nitrogens with one attached hydrogen (secondary N) is 1. The maximum Gasteiger partial charge on any atom is 0.303 e. The normalized spacial score (nSPS) is 9.94. The topological polar surface area (TPSA) is 66.4 Å². The molecule has 4 nitrogen and oxygen atoms in total. The Hall–Kier alpha value is -1.36. The van der Waals surface area contributed by atoms with Gasteiger partial charge in [-0.1, -0.05) is 12.1 Å². The number of benzene rings is 1. The summed E-state index contributed by atoms with van der Waals surface area (Å²) in [5.41, 5.74) is 0.589. The summed E-state index contributed by atoms with van der Waals surface area (Å²) in [6.45, 7) is 0.493. The van der Waals surface area contributed by atoms with Crippen LogP contribution in [-0.4, -0.2) is 23.5 Å². The largest absolute Gasteiger partial charge is 0.481 e. The molecule has 0 bridgehead atoms. The summed E-state index contributed by atoms with van der Waals surface area (Å²) in [6, 6.07) is 7.17. The summed E-state index contributed by atoms with van der Waals surface area (Å²) in [5, 5.41) is 11.2. The predicted octanol–water partition coefficient (Wildman–Crippen LogP) is 2.43. The number of carbonyl (C=O) groups is 2. The van der Waals surface area contributed by atoms with E-state index in [4.69, 9.17) is 5.11 Å². The third-order valence-corrected chi connectivity index (χ3v) is 2.91. The average molecular weight is 300 g/mol. The molecule has 0 aliphatic rings. The first-order valence-electron chi connectivity index (χ1n) is 5.36. The van der Waals surface area contributed by atoms with Gasteiger partial charge < -0.3 is 10.4 Å². The van der Waals surface area contributed by atoms with Crippen molar-refractivity contribution in [2.45, 2.75) is 19.3 Å². The molecule has 17 heavy (non-hydrogen) atoms. The van der Waals surface area contributed by atoms with Gasteiger partial charge in [0.05, 0.1) is 5.56 Å². The summed E-state index contributed by atoms with van der Waals surface area (Å²) in [4.78, 5) is 22.0. The zero-order valence-electron chi connectivity index (χ0n) is 9.28. The van der Waals surface area contributed by atoms with Crippen LogP contribution in [0.3, 0.4) is 0 Å². The van der Waals surface area contributed by atoms with Gasteiger partial charge in [0, 0.05) is 17.4 Å². The molecule has 5 heteroatoms. The second-order valence-electron chi connectivity index (χ2n) is 3.59. The standard InChI is InChI=1S/C12H14BrNO3/c13-10-6-2-1-5-9(10)12(17)14-8-4-3-7-11(15)16/h1-2,5-6H,3-4,7-8H2,(H,14,17)(H,15,16). The number of carboxylic acid groups (broad SMARTS) is 1. The van der Waals surface area contributed by atoms with Crippen LogP contribution in [0.4, 0.5) is 0 Å². The van der Waals surface area contributed by atoms with Gasteiger partial charge in [-0.25, -0.2) is 0 Å². The molecule has 0 spiro atoms. The lowest BCUT2D eigenvalue weighted by molar-refractivity contribution is -0.137. The van der Waals surface area contributed by atoms with E-state index in [0.29, 0.717) is 24.9 Å². The maximum absolute atomic E-state index is 11.7. The molecular formula is C12H14BrNO3. The second-order valence-corrected chi connectivity index (χ2v) is 4.44. The molecule has 0 unspecified atom stereocenters. The molecule has 1 amide bonds. The van der Waals surface area contributed by atoms with E-state index in [2.05, 4.69) is 21.2 Å². The second kappa shape index (κ2) is 7.06. The van der Waals surface area contributed by atoms with Crippen molar-refractivity contribution in [1.82, 2.24) is 5.32 Å². The van der Waals surface area contributed by atoms with E-state index in [1.165, 1.54) is 0 Å². The lowest BCUT2D eigenvalue weighted by Gasteiger charge is -2.06. The van der Waals surface area contributed by atoms with Gasteiger partial charge in [-0.3, -0.25) is 9.59 Å². The van der Waals surface area contributed by atoms with Crippen molar-refractivity contribution < 1.29 is 14.7 Å². The highest BCUT2D eigenvalue weighted by Gasteiger charge is 2.07. The molecule has 0 heterocycles. The first-order chi connectivity index (χ1) is 8.11. The monoisotopic (exact) mass is 299 g/mol. The molecule has 1 aromatic rings. The maximum atomic E-state index is 11.7. The molecule has 0 fully saturated rings. The number of carboxylic acids is 1. The van der Waals surface area contributed by atoms with E-state index in [-0.39, 0.29) is 12.3 Å². The SMILES string of the molecule is O=C(O)CCCCNC(=O)c1ccccc1Br. The molecule has 0 saturated carbocycles. The minimum absolute atomic E-state index is 0.144. The zero-order chi connectivity index (χ0) is 12.7. The molecule has 0 aliphatic carbocycles. The van der Waals surface area contributed by atoms with E-state index in [1.807, 2.05) is 6.07 Å². The highest BCUT2D eigenvalue weighted by atomic mass is 79.9. The Morgan fingerprint density at radius 1 is 1.24 bits per heavy atom. The van der Waals surface area contributed by atoms with Gasteiger partial charge in [0.15, 0.2) is 0 Å². The average Bonchev–Trinajstić information content (AvgIpc) is 2.28. The molecule has 0 radical (unpaired) electrons. The van der Waals surface area contributed by atoms with Crippen molar-refractivity contribution in [3.63, 3.8) is 0 Å². The van der Waals surface area contributed by atoms with Crippen LogP contribution in [0, 0.1) is 0 Å². The number of aliphatic carboxylic acids is 1. The van der Waals surface area contributed by atoms with Crippen molar-refractivity contribution in [2.75, 3.05) is 6.54 Å². The number of carbonyl (C=O) groups excluding carboxylic acids is 1. The van der Waals surface area contributed by atoms with Crippen LogP contribution in [0.2, 0.25) is 0 Å². The fourth-order valence-electron chi connectivity index (χ4n) is 1.34. The third kappa shape index (κ3) is 4.99. The summed E-state index contributed by atoms with van der Waals surface area (Å²) < 4.78 is 0.753. The van der Waals surface area contributed by atoms with Crippen LogP contribution in [0.5, 0.6) is 0 Å². The number of hydrogen-bond donors (Lipinski definition) is 2.